The summed E-state index contributed by atoms with van der Waals surface area (Å²) in [4.78, 5) is 10.9. The van der Waals surface area contributed by atoms with Crippen molar-refractivity contribution in [3.8, 4) is 0 Å². The number of hydrogen-bond acceptors (Lipinski definition) is 3. The van der Waals surface area contributed by atoms with Crippen LogP contribution in [0.1, 0.15) is 5.56 Å². The highest BCUT2D eigenvalue weighted by Gasteiger charge is 2.12. The van der Waals surface area contributed by atoms with Crippen molar-refractivity contribution in [2.45, 2.75) is 10.6 Å². The number of hydrogen-bond donors (Lipinski definition) is 0. The lowest BCUT2D eigenvalue weighted by atomic mass is 10.2. The van der Waals surface area contributed by atoms with Crippen molar-refractivity contribution < 1.29 is 9.31 Å². The molecule has 19 heavy (non-hydrogen) atoms. The molecule has 0 radical (unpaired) electrons. The van der Waals surface area contributed by atoms with Crippen LogP contribution in [0.4, 0.5) is 10.1 Å². The van der Waals surface area contributed by atoms with E-state index in [4.69, 9.17) is 0 Å². The first-order chi connectivity index (χ1) is 9.08. The molecule has 2 aromatic carbocycles. The maximum atomic E-state index is 13.4. The third kappa shape index (κ3) is 3.54. The Labute approximate surface area is 122 Å². The molecule has 0 unspecified atom stereocenters. The number of nitro benzene ring substituents is 1. The van der Waals surface area contributed by atoms with Gasteiger partial charge in [-0.05, 0) is 39.7 Å². The summed E-state index contributed by atoms with van der Waals surface area (Å²) in [5.41, 5.74) is 0.801. The fourth-order valence-electron chi connectivity index (χ4n) is 1.51. The summed E-state index contributed by atoms with van der Waals surface area (Å²) in [7, 11) is 0. The highest BCUT2D eigenvalue weighted by molar-refractivity contribution is 9.10. The lowest BCUT2D eigenvalue weighted by Crippen LogP contribution is -1.91. The van der Waals surface area contributed by atoms with Gasteiger partial charge in [-0.15, -0.1) is 11.8 Å². The normalized spacial score (nSPS) is 10.4. The third-order valence-electron chi connectivity index (χ3n) is 2.44. The molecular weight excluding hydrogens is 333 g/mol. The molecule has 98 valence electrons. The molecule has 0 aromatic heterocycles. The second kappa shape index (κ2) is 6.16. The summed E-state index contributed by atoms with van der Waals surface area (Å²) < 4.78 is 13.9. The Kier molecular flexibility index (Phi) is 4.55. The van der Waals surface area contributed by atoms with E-state index in [2.05, 4.69) is 15.9 Å². The predicted molar refractivity (Wildman–Crippen MR) is 76.8 cm³/mol. The minimum atomic E-state index is -0.443. The van der Waals surface area contributed by atoms with Crippen LogP contribution in [0.2, 0.25) is 0 Å². The van der Waals surface area contributed by atoms with E-state index < -0.39 is 4.92 Å². The SMILES string of the molecule is O=[N+]([O-])c1cc(CSc2ccccc2F)ccc1Br. The van der Waals surface area contributed by atoms with Crippen LogP contribution in [0, 0.1) is 15.9 Å². The van der Waals surface area contributed by atoms with Crippen molar-refractivity contribution >= 4 is 33.4 Å². The lowest BCUT2D eigenvalue weighted by Gasteiger charge is -2.04. The zero-order chi connectivity index (χ0) is 13.8. The second-order valence-electron chi connectivity index (χ2n) is 3.76. The average Bonchev–Trinajstić information content (AvgIpc) is 2.39. The van der Waals surface area contributed by atoms with Crippen LogP contribution in [0.5, 0.6) is 0 Å². The summed E-state index contributed by atoms with van der Waals surface area (Å²) in [6.45, 7) is 0. The monoisotopic (exact) mass is 341 g/mol. The third-order valence-corrected chi connectivity index (χ3v) is 4.23. The molecule has 0 bridgehead atoms. The van der Waals surface area contributed by atoms with E-state index in [-0.39, 0.29) is 11.5 Å². The first-order valence-corrected chi connectivity index (χ1v) is 7.16. The molecule has 0 aliphatic carbocycles. The van der Waals surface area contributed by atoms with Crippen LogP contribution >= 0.6 is 27.7 Å². The summed E-state index contributed by atoms with van der Waals surface area (Å²) in [6.07, 6.45) is 0. The highest BCUT2D eigenvalue weighted by atomic mass is 79.9. The topological polar surface area (TPSA) is 43.1 Å². The van der Waals surface area contributed by atoms with E-state index in [0.717, 1.165) is 5.56 Å². The number of thioether (sulfide) groups is 1. The van der Waals surface area contributed by atoms with Gasteiger partial charge in [-0.3, -0.25) is 10.1 Å². The maximum absolute atomic E-state index is 13.4. The van der Waals surface area contributed by atoms with Crippen LogP contribution in [0.15, 0.2) is 51.8 Å². The van der Waals surface area contributed by atoms with Gasteiger partial charge in [0.15, 0.2) is 0 Å². The lowest BCUT2D eigenvalue weighted by molar-refractivity contribution is -0.385. The van der Waals surface area contributed by atoms with Gasteiger partial charge >= 0.3 is 0 Å². The van der Waals surface area contributed by atoms with Crippen molar-refractivity contribution in [3.05, 3.63) is 68.4 Å². The quantitative estimate of drug-likeness (QED) is 0.456. The maximum Gasteiger partial charge on any atom is 0.283 e. The molecular formula is C13H9BrFNO2S. The number of benzene rings is 2. The van der Waals surface area contributed by atoms with Crippen molar-refractivity contribution in [3.63, 3.8) is 0 Å². The van der Waals surface area contributed by atoms with Gasteiger partial charge in [0.25, 0.3) is 5.69 Å². The number of nitro groups is 1. The van der Waals surface area contributed by atoms with E-state index in [1.165, 1.54) is 23.9 Å². The molecule has 2 aromatic rings. The zero-order valence-corrected chi connectivity index (χ0v) is 12.1. The Balaban J connectivity index is 2.14. The standard InChI is InChI=1S/C13H9BrFNO2S/c14-10-6-5-9(7-12(10)16(17)18)8-19-13-4-2-1-3-11(13)15/h1-7H,8H2. The van der Waals surface area contributed by atoms with Gasteiger partial charge in [0.1, 0.15) is 5.82 Å². The zero-order valence-electron chi connectivity index (χ0n) is 9.68. The van der Waals surface area contributed by atoms with Gasteiger partial charge in [0.05, 0.1) is 9.40 Å². The van der Waals surface area contributed by atoms with E-state index in [0.29, 0.717) is 15.1 Å². The Bertz CT molecular complexity index is 621. The fraction of sp³-hybridized carbons (Fsp3) is 0.0769. The minimum Gasteiger partial charge on any atom is -0.258 e. The molecule has 0 heterocycles. The van der Waals surface area contributed by atoms with E-state index in [9.17, 15) is 14.5 Å². The van der Waals surface area contributed by atoms with Gasteiger partial charge in [0, 0.05) is 16.7 Å². The first-order valence-electron chi connectivity index (χ1n) is 5.38. The molecule has 0 aliphatic heterocycles. The van der Waals surface area contributed by atoms with E-state index in [1.54, 1.807) is 30.3 Å². The molecule has 0 atom stereocenters. The molecule has 3 nitrogen and oxygen atoms in total. The van der Waals surface area contributed by atoms with Crippen molar-refractivity contribution in [2.24, 2.45) is 0 Å². The highest BCUT2D eigenvalue weighted by Crippen LogP contribution is 2.30. The van der Waals surface area contributed by atoms with Gasteiger partial charge in [-0.2, -0.15) is 0 Å². The average molecular weight is 342 g/mol. The molecule has 0 N–H and O–H groups in total. The fourth-order valence-corrected chi connectivity index (χ4v) is 2.78. The second-order valence-corrected chi connectivity index (χ2v) is 5.63. The van der Waals surface area contributed by atoms with E-state index in [1.807, 2.05) is 0 Å². The largest absolute Gasteiger partial charge is 0.283 e. The van der Waals surface area contributed by atoms with Crippen molar-refractivity contribution in [1.82, 2.24) is 0 Å². The van der Waals surface area contributed by atoms with Crippen LogP contribution in [-0.2, 0) is 5.75 Å². The predicted octanol–water partition coefficient (Wildman–Crippen LogP) is 4.79. The minimum absolute atomic E-state index is 0.0200. The molecule has 0 saturated heterocycles. The number of halogens is 2. The Hall–Kier alpha value is -1.40. The summed E-state index contributed by atoms with van der Waals surface area (Å²) in [5.74, 6) is 0.203. The molecule has 0 saturated carbocycles. The van der Waals surface area contributed by atoms with Gasteiger partial charge in [-0.1, -0.05) is 18.2 Å². The molecule has 6 heteroatoms. The van der Waals surface area contributed by atoms with Crippen LogP contribution in [0.3, 0.4) is 0 Å². The van der Waals surface area contributed by atoms with Crippen molar-refractivity contribution in [2.75, 3.05) is 0 Å². The van der Waals surface area contributed by atoms with Crippen LogP contribution in [0.25, 0.3) is 0 Å². The first kappa shape index (κ1) is 14.0. The van der Waals surface area contributed by atoms with Gasteiger partial charge in [0.2, 0.25) is 0 Å². The van der Waals surface area contributed by atoms with Crippen molar-refractivity contribution in [1.29, 1.82) is 0 Å². The smallest absolute Gasteiger partial charge is 0.258 e. The summed E-state index contributed by atoms with van der Waals surface area (Å²) >= 11 is 4.44. The van der Waals surface area contributed by atoms with Crippen LogP contribution in [-0.4, -0.2) is 4.92 Å². The summed E-state index contributed by atoms with van der Waals surface area (Å²) in [6, 6.07) is 11.4. The summed E-state index contributed by atoms with van der Waals surface area (Å²) in [5, 5.41) is 10.8. The van der Waals surface area contributed by atoms with E-state index >= 15 is 0 Å². The van der Waals surface area contributed by atoms with Gasteiger partial charge in [-0.25, -0.2) is 4.39 Å². The van der Waals surface area contributed by atoms with Crippen LogP contribution < -0.4 is 0 Å². The molecule has 0 aliphatic rings. The Morgan fingerprint density at radius 3 is 2.68 bits per heavy atom. The molecule has 0 fully saturated rings. The molecule has 0 spiro atoms. The number of nitrogens with zero attached hydrogens (tertiary/aromatic N) is 1. The molecule has 2 rings (SSSR count). The Morgan fingerprint density at radius 1 is 1.26 bits per heavy atom. The van der Waals surface area contributed by atoms with Gasteiger partial charge < -0.3 is 0 Å². The molecule has 0 amide bonds. The number of rotatable bonds is 4. The Morgan fingerprint density at radius 2 is 2.00 bits per heavy atom.